The van der Waals surface area contributed by atoms with Crippen molar-refractivity contribution in [1.29, 1.82) is 0 Å². The van der Waals surface area contributed by atoms with Crippen LogP contribution in [0.25, 0.3) is 0 Å². The van der Waals surface area contributed by atoms with Gasteiger partial charge < -0.3 is 4.74 Å². The van der Waals surface area contributed by atoms with E-state index >= 15 is 0 Å². The van der Waals surface area contributed by atoms with Gasteiger partial charge in [0.1, 0.15) is 5.75 Å². The minimum Gasteiger partial charge on any atom is -0.423 e. The van der Waals surface area contributed by atoms with Crippen molar-refractivity contribution in [3.8, 4) is 5.75 Å². The molecule has 0 atom stereocenters. The molecular formula is C19H18O2. The second-order valence-corrected chi connectivity index (χ2v) is 4.72. The van der Waals surface area contributed by atoms with Crippen LogP contribution in [0.3, 0.4) is 0 Å². The summed E-state index contributed by atoms with van der Waals surface area (Å²) in [5.41, 5.74) is 2.80. The van der Waals surface area contributed by atoms with Crippen LogP contribution in [0.2, 0.25) is 0 Å². The molecule has 0 radical (unpaired) electrons. The lowest BCUT2D eigenvalue weighted by molar-refractivity contribution is 0.0734. The van der Waals surface area contributed by atoms with E-state index in [1.807, 2.05) is 36.4 Å². The fourth-order valence-corrected chi connectivity index (χ4v) is 1.97. The summed E-state index contributed by atoms with van der Waals surface area (Å²) in [5, 5.41) is 0. The first kappa shape index (κ1) is 14.8. The van der Waals surface area contributed by atoms with Crippen molar-refractivity contribution in [2.45, 2.75) is 12.8 Å². The fraction of sp³-hybridized carbons (Fsp3) is 0.105. The first-order valence-corrected chi connectivity index (χ1v) is 6.85. The van der Waals surface area contributed by atoms with E-state index in [9.17, 15) is 4.79 Å². The molecular weight excluding hydrogens is 260 g/mol. The zero-order chi connectivity index (χ0) is 15.1. The number of hydrogen-bond donors (Lipinski definition) is 0. The molecule has 0 N–H and O–H groups in total. The van der Waals surface area contributed by atoms with Crippen LogP contribution in [0.15, 0.2) is 73.8 Å². The Morgan fingerprint density at radius 2 is 1.33 bits per heavy atom. The summed E-state index contributed by atoms with van der Waals surface area (Å²) in [5.74, 6) is 0.194. The van der Waals surface area contributed by atoms with Gasteiger partial charge in [-0.3, -0.25) is 0 Å². The van der Waals surface area contributed by atoms with Crippen molar-refractivity contribution in [3.05, 3.63) is 90.5 Å². The number of benzene rings is 2. The first-order chi connectivity index (χ1) is 10.2. The molecule has 0 aromatic heterocycles. The monoisotopic (exact) mass is 278 g/mol. The Bertz CT molecular complexity index is 622. The normalized spacial score (nSPS) is 9.90. The van der Waals surface area contributed by atoms with Crippen LogP contribution in [0, 0.1) is 0 Å². The zero-order valence-corrected chi connectivity index (χ0v) is 11.9. The lowest BCUT2D eigenvalue weighted by Crippen LogP contribution is -2.08. The lowest BCUT2D eigenvalue weighted by Gasteiger charge is -2.06. The molecule has 0 fully saturated rings. The maximum Gasteiger partial charge on any atom is 0.343 e. The van der Waals surface area contributed by atoms with E-state index in [0.29, 0.717) is 11.3 Å². The van der Waals surface area contributed by atoms with E-state index < -0.39 is 0 Å². The first-order valence-electron chi connectivity index (χ1n) is 6.85. The number of rotatable bonds is 6. The van der Waals surface area contributed by atoms with E-state index in [4.69, 9.17) is 4.74 Å². The highest BCUT2D eigenvalue weighted by Gasteiger charge is 2.08. The predicted molar refractivity (Wildman–Crippen MR) is 85.6 cm³/mol. The summed E-state index contributed by atoms with van der Waals surface area (Å²) in [7, 11) is 0. The van der Waals surface area contributed by atoms with Gasteiger partial charge in [-0.15, -0.1) is 13.2 Å². The molecule has 0 saturated carbocycles. The van der Waals surface area contributed by atoms with Gasteiger partial charge in [-0.1, -0.05) is 36.4 Å². The topological polar surface area (TPSA) is 26.3 Å². The zero-order valence-electron chi connectivity index (χ0n) is 11.9. The van der Waals surface area contributed by atoms with Crippen LogP contribution in [0.1, 0.15) is 21.5 Å². The van der Waals surface area contributed by atoms with E-state index in [0.717, 1.165) is 24.0 Å². The maximum absolute atomic E-state index is 12.0. The Hall–Kier alpha value is -2.61. The predicted octanol–water partition coefficient (Wildman–Crippen LogP) is 4.36. The quantitative estimate of drug-likeness (QED) is 0.446. The molecule has 0 aliphatic rings. The lowest BCUT2D eigenvalue weighted by atomic mass is 10.1. The average Bonchev–Trinajstić information content (AvgIpc) is 2.50. The number of carbonyl (C=O) groups is 1. The summed E-state index contributed by atoms with van der Waals surface area (Å²) >= 11 is 0. The summed E-state index contributed by atoms with van der Waals surface area (Å²) in [6.45, 7) is 7.39. The Kier molecular flexibility index (Phi) is 5.10. The van der Waals surface area contributed by atoms with E-state index in [-0.39, 0.29) is 5.97 Å². The molecule has 0 heterocycles. The second kappa shape index (κ2) is 7.25. The molecule has 0 bridgehead atoms. The number of hydrogen-bond acceptors (Lipinski definition) is 2. The highest BCUT2D eigenvalue weighted by molar-refractivity contribution is 5.91. The summed E-state index contributed by atoms with van der Waals surface area (Å²) in [6.07, 6.45) is 5.27. The summed E-state index contributed by atoms with van der Waals surface area (Å²) in [6, 6.07) is 14.8. The van der Waals surface area contributed by atoms with Crippen LogP contribution in [-0.4, -0.2) is 5.97 Å². The Morgan fingerprint density at radius 1 is 0.857 bits per heavy atom. The molecule has 2 aromatic carbocycles. The molecule has 21 heavy (non-hydrogen) atoms. The number of ether oxygens (including phenoxy) is 1. The average molecular weight is 278 g/mol. The minimum atomic E-state index is -0.350. The minimum absolute atomic E-state index is 0.350. The van der Waals surface area contributed by atoms with E-state index in [1.165, 1.54) is 0 Å². The van der Waals surface area contributed by atoms with E-state index in [1.54, 1.807) is 24.3 Å². The molecule has 106 valence electrons. The van der Waals surface area contributed by atoms with Crippen molar-refractivity contribution in [2.75, 3.05) is 0 Å². The highest BCUT2D eigenvalue weighted by atomic mass is 16.5. The third kappa shape index (κ3) is 4.18. The van der Waals surface area contributed by atoms with Gasteiger partial charge in [0.2, 0.25) is 0 Å². The van der Waals surface area contributed by atoms with Gasteiger partial charge in [0.05, 0.1) is 5.56 Å². The number of carbonyl (C=O) groups excluding carboxylic acids is 1. The number of esters is 1. The molecule has 2 nitrogen and oxygen atoms in total. The highest BCUT2D eigenvalue weighted by Crippen LogP contribution is 2.15. The second-order valence-electron chi connectivity index (χ2n) is 4.72. The van der Waals surface area contributed by atoms with Crippen LogP contribution >= 0.6 is 0 Å². The molecule has 0 unspecified atom stereocenters. The van der Waals surface area contributed by atoms with Crippen molar-refractivity contribution in [3.63, 3.8) is 0 Å². The Labute approximate surface area is 125 Å². The molecule has 2 heteroatoms. The molecule has 0 aliphatic heterocycles. The van der Waals surface area contributed by atoms with E-state index in [2.05, 4.69) is 13.2 Å². The largest absolute Gasteiger partial charge is 0.423 e. The van der Waals surface area contributed by atoms with Gasteiger partial charge in [-0.2, -0.15) is 0 Å². The molecule has 2 rings (SSSR count). The number of allylic oxidation sites excluding steroid dienone is 2. The van der Waals surface area contributed by atoms with Gasteiger partial charge >= 0.3 is 5.97 Å². The molecule has 2 aromatic rings. The third-order valence-corrected chi connectivity index (χ3v) is 3.08. The molecule has 0 saturated heterocycles. The van der Waals surface area contributed by atoms with Crippen LogP contribution in [-0.2, 0) is 12.8 Å². The van der Waals surface area contributed by atoms with Crippen LogP contribution in [0.4, 0.5) is 0 Å². The van der Waals surface area contributed by atoms with Crippen molar-refractivity contribution in [1.82, 2.24) is 0 Å². The van der Waals surface area contributed by atoms with Gasteiger partial charge in [0.25, 0.3) is 0 Å². The van der Waals surface area contributed by atoms with Crippen molar-refractivity contribution < 1.29 is 9.53 Å². The fourth-order valence-electron chi connectivity index (χ4n) is 1.97. The summed E-state index contributed by atoms with van der Waals surface area (Å²) in [4.78, 5) is 12.0. The van der Waals surface area contributed by atoms with Gasteiger partial charge in [0, 0.05) is 0 Å². The smallest absolute Gasteiger partial charge is 0.343 e. The molecule has 0 spiro atoms. The van der Waals surface area contributed by atoms with Crippen LogP contribution < -0.4 is 4.74 Å². The third-order valence-electron chi connectivity index (χ3n) is 3.08. The molecule has 0 aliphatic carbocycles. The Morgan fingerprint density at radius 3 is 1.81 bits per heavy atom. The van der Waals surface area contributed by atoms with Crippen molar-refractivity contribution >= 4 is 5.97 Å². The van der Waals surface area contributed by atoms with Gasteiger partial charge in [-0.25, -0.2) is 4.79 Å². The van der Waals surface area contributed by atoms with Gasteiger partial charge in [0.15, 0.2) is 0 Å². The molecule has 0 amide bonds. The van der Waals surface area contributed by atoms with Crippen molar-refractivity contribution in [2.24, 2.45) is 0 Å². The Balaban J connectivity index is 2.03. The summed E-state index contributed by atoms with van der Waals surface area (Å²) < 4.78 is 5.35. The standard InChI is InChI=1S/C19H18O2/c1-3-5-15-7-11-17(12-8-15)19(20)21-18-13-9-16(6-4-2)10-14-18/h3-4,7-14H,1-2,5-6H2. The SMILES string of the molecule is C=CCc1ccc(OC(=O)c2ccc(CC=C)cc2)cc1. The van der Waals surface area contributed by atoms with Gasteiger partial charge in [-0.05, 0) is 48.2 Å². The maximum atomic E-state index is 12.0. The van der Waals surface area contributed by atoms with Crippen LogP contribution in [0.5, 0.6) is 5.75 Å².